The molecule has 0 spiro atoms. The van der Waals surface area contributed by atoms with Crippen molar-refractivity contribution in [1.82, 2.24) is 9.78 Å². The number of aromatic nitrogens is 2. The molecule has 0 saturated carbocycles. The Kier molecular flexibility index (Phi) is 4.71. The lowest BCUT2D eigenvalue weighted by Crippen LogP contribution is -2.35. The van der Waals surface area contributed by atoms with Crippen LogP contribution in [0, 0.1) is 0 Å². The molecule has 2 N–H and O–H groups in total. The van der Waals surface area contributed by atoms with E-state index in [1.54, 1.807) is 7.11 Å². The molecule has 17 heavy (non-hydrogen) atoms. The molecule has 98 valence electrons. The second-order valence-corrected chi connectivity index (χ2v) is 5.24. The number of nitrogens with two attached hydrogens (primary N) is 1. The monoisotopic (exact) mass is 239 g/mol. The third-order valence-corrected chi connectivity index (χ3v) is 3.17. The maximum atomic E-state index is 6.17. The number of aryl methyl sites for hydroxylation is 2. The van der Waals surface area contributed by atoms with E-state index in [4.69, 9.17) is 10.5 Å². The molecule has 1 atom stereocenters. The van der Waals surface area contributed by atoms with Crippen molar-refractivity contribution in [3.63, 3.8) is 0 Å². The number of hydrogen-bond acceptors (Lipinski definition) is 3. The summed E-state index contributed by atoms with van der Waals surface area (Å²) in [6, 6.07) is 2.24. The summed E-state index contributed by atoms with van der Waals surface area (Å²) in [6.07, 6.45) is 2.65. The second-order valence-electron chi connectivity index (χ2n) is 5.24. The molecule has 0 radical (unpaired) electrons. The third-order valence-electron chi connectivity index (χ3n) is 3.17. The molecule has 0 amide bonds. The highest BCUT2D eigenvalue weighted by Crippen LogP contribution is 2.17. The molecular weight excluding hydrogens is 214 g/mol. The Bertz CT molecular complexity index is 358. The van der Waals surface area contributed by atoms with Crippen molar-refractivity contribution in [1.29, 1.82) is 0 Å². The predicted molar refractivity (Wildman–Crippen MR) is 70.0 cm³/mol. The van der Waals surface area contributed by atoms with Crippen molar-refractivity contribution in [2.45, 2.75) is 51.7 Å². The fourth-order valence-corrected chi connectivity index (χ4v) is 1.99. The van der Waals surface area contributed by atoms with Crippen LogP contribution in [0.3, 0.4) is 0 Å². The number of hydrogen-bond donors (Lipinski definition) is 1. The van der Waals surface area contributed by atoms with E-state index in [1.807, 2.05) is 11.7 Å². The maximum absolute atomic E-state index is 6.17. The molecule has 0 aliphatic rings. The first-order valence-corrected chi connectivity index (χ1v) is 6.20. The smallest absolute Gasteiger partial charge is 0.0637 e. The predicted octanol–water partition coefficient (Wildman–Crippen LogP) is 1.67. The minimum absolute atomic E-state index is 0.102. The molecule has 1 rings (SSSR count). The van der Waals surface area contributed by atoms with Crippen LogP contribution < -0.4 is 5.73 Å². The van der Waals surface area contributed by atoms with Gasteiger partial charge in [-0.3, -0.25) is 4.68 Å². The van der Waals surface area contributed by atoms with Gasteiger partial charge in [0.2, 0.25) is 0 Å². The van der Waals surface area contributed by atoms with Crippen LogP contribution in [0.25, 0.3) is 0 Å². The highest BCUT2D eigenvalue weighted by Gasteiger charge is 2.21. The lowest BCUT2D eigenvalue weighted by molar-refractivity contribution is 0.0101. The Morgan fingerprint density at radius 1 is 1.53 bits per heavy atom. The van der Waals surface area contributed by atoms with E-state index in [0.717, 1.165) is 25.0 Å². The van der Waals surface area contributed by atoms with Crippen LogP contribution in [0.2, 0.25) is 0 Å². The average Bonchev–Trinajstić information content (AvgIpc) is 2.59. The van der Waals surface area contributed by atoms with Gasteiger partial charge in [0.1, 0.15) is 0 Å². The summed E-state index contributed by atoms with van der Waals surface area (Å²) in [5.41, 5.74) is 8.33. The quantitative estimate of drug-likeness (QED) is 0.821. The van der Waals surface area contributed by atoms with Gasteiger partial charge in [-0.25, -0.2) is 0 Å². The van der Waals surface area contributed by atoms with Crippen LogP contribution in [0.4, 0.5) is 0 Å². The van der Waals surface area contributed by atoms with Crippen LogP contribution in [0.15, 0.2) is 6.07 Å². The largest absolute Gasteiger partial charge is 0.379 e. The second kappa shape index (κ2) is 5.65. The van der Waals surface area contributed by atoms with Gasteiger partial charge in [-0.15, -0.1) is 0 Å². The summed E-state index contributed by atoms with van der Waals surface area (Å²) in [7, 11) is 3.70. The highest BCUT2D eigenvalue weighted by atomic mass is 16.5. The highest BCUT2D eigenvalue weighted by molar-refractivity contribution is 5.11. The van der Waals surface area contributed by atoms with Crippen LogP contribution >= 0.6 is 0 Å². The zero-order valence-corrected chi connectivity index (χ0v) is 11.7. The van der Waals surface area contributed by atoms with E-state index in [2.05, 4.69) is 31.9 Å². The fraction of sp³-hybridized carbons (Fsp3) is 0.769. The van der Waals surface area contributed by atoms with E-state index in [-0.39, 0.29) is 11.6 Å². The van der Waals surface area contributed by atoms with Crippen LogP contribution in [-0.4, -0.2) is 28.5 Å². The van der Waals surface area contributed by atoms with Gasteiger partial charge in [-0.1, -0.05) is 6.92 Å². The average molecular weight is 239 g/mol. The topological polar surface area (TPSA) is 53.1 Å². The molecule has 1 aromatic rings. The lowest BCUT2D eigenvalue weighted by Gasteiger charge is -2.26. The standard InChI is InChI=1S/C13H25N3O/c1-6-11-8-12(16(4)15-11)7-10(14)9-13(2,3)17-5/h8,10H,6-7,9,14H2,1-5H3. The molecule has 0 saturated heterocycles. The molecule has 0 fully saturated rings. The van der Waals surface area contributed by atoms with Crippen molar-refractivity contribution in [3.05, 3.63) is 17.5 Å². The van der Waals surface area contributed by atoms with Crippen LogP contribution in [-0.2, 0) is 24.6 Å². The Labute approximate surface area is 104 Å². The van der Waals surface area contributed by atoms with Gasteiger partial charge in [0.25, 0.3) is 0 Å². The molecule has 1 aromatic heterocycles. The summed E-state index contributed by atoms with van der Waals surface area (Å²) in [6.45, 7) is 6.24. The molecule has 1 heterocycles. The zero-order valence-electron chi connectivity index (χ0n) is 11.7. The SMILES string of the molecule is CCc1cc(CC(N)CC(C)(C)OC)n(C)n1. The van der Waals surface area contributed by atoms with Crippen LogP contribution in [0.1, 0.15) is 38.6 Å². The molecule has 0 aliphatic heterocycles. The van der Waals surface area contributed by atoms with E-state index in [1.165, 1.54) is 5.69 Å². The maximum Gasteiger partial charge on any atom is 0.0637 e. The molecule has 0 aromatic carbocycles. The van der Waals surface area contributed by atoms with Gasteiger partial charge in [0.05, 0.1) is 11.3 Å². The molecule has 0 bridgehead atoms. The first-order valence-electron chi connectivity index (χ1n) is 6.20. The summed E-state index contributed by atoms with van der Waals surface area (Å²) >= 11 is 0. The Morgan fingerprint density at radius 3 is 2.65 bits per heavy atom. The van der Waals surface area contributed by atoms with Gasteiger partial charge >= 0.3 is 0 Å². The first kappa shape index (κ1) is 14.2. The van der Waals surface area contributed by atoms with Gasteiger partial charge in [0.15, 0.2) is 0 Å². The Hall–Kier alpha value is -0.870. The van der Waals surface area contributed by atoms with Gasteiger partial charge in [-0.2, -0.15) is 5.10 Å². The van der Waals surface area contributed by atoms with E-state index in [0.29, 0.717) is 0 Å². The van der Waals surface area contributed by atoms with Crippen molar-refractivity contribution in [3.8, 4) is 0 Å². The number of ether oxygens (including phenoxy) is 1. The molecule has 1 unspecified atom stereocenters. The van der Waals surface area contributed by atoms with Crippen molar-refractivity contribution < 1.29 is 4.74 Å². The number of rotatable bonds is 6. The van der Waals surface area contributed by atoms with Gasteiger partial charge in [-0.05, 0) is 32.8 Å². The fourth-order valence-electron chi connectivity index (χ4n) is 1.99. The normalized spacial score (nSPS) is 14.0. The van der Waals surface area contributed by atoms with Crippen molar-refractivity contribution in [2.75, 3.05) is 7.11 Å². The summed E-state index contributed by atoms with van der Waals surface area (Å²) in [5.74, 6) is 0. The minimum atomic E-state index is -0.161. The van der Waals surface area contributed by atoms with E-state index in [9.17, 15) is 0 Å². The minimum Gasteiger partial charge on any atom is -0.379 e. The third kappa shape index (κ3) is 4.13. The van der Waals surface area contributed by atoms with Gasteiger partial charge in [0, 0.05) is 32.3 Å². The van der Waals surface area contributed by atoms with Gasteiger partial charge < -0.3 is 10.5 Å². The summed E-state index contributed by atoms with van der Waals surface area (Å²) in [5, 5.41) is 4.43. The molecular formula is C13H25N3O. The number of methoxy groups -OCH3 is 1. The number of nitrogens with zero attached hydrogens (tertiary/aromatic N) is 2. The molecule has 4 nitrogen and oxygen atoms in total. The van der Waals surface area contributed by atoms with E-state index < -0.39 is 0 Å². The Balaban J connectivity index is 2.61. The zero-order chi connectivity index (χ0) is 13.1. The van der Waals surface area contributed by atoms with E-state index >= 15 is 0 Å². The van der Waals surface area contributed by atoms with Crippen molar-refractivity contribution in [2.24, 2.45) is 12.8 Å². The summed E-state index contributed by atoms with van der Waals surface area (Å²) in [4.78, 5) is 0. The summed E-state index contributed by atoms with van der Waals surface area (Å²) < 4.78 is 7.33. The molecule has 4 heteroatoms. The first-order chi connectivity index (χ1) is 7.88. The van der Waals surface area contributed by atoms with Crippen molar-refractivity contribution >= 4 is 0 Å². The lowest BCUT2D eigenvalue weighted by atomic mass is 9.96. The Morgan fingerprint density at radius 2 is 2.18 bits per heavy atom. The van der Waals surface area contributed by atoms with Crippen LogP contribution in [0.5, 0.6) is 0 Å². The molecule has 0 aliphatic carbocycles.